The van der Waals surface area contributed by atoms with E-state index in [9.17, 15) is 22.7 Å². The van der Waals surface area contributed by atoms with E-state index in [1.807, 2.05) is 6.92 Å². The van der Waals surface area contributed by atoms with Crippen molar-refractivity contribution in [1.29, 1.82) is 0 Å². The van der Waals surface area contributed by atoms with Crippen LogP contribution < -0.4 is 0 Å². The molecule has 0 aliphatic carbocycles. The fraction of sp³-hybridized carbons (Fsp3) is 0.538. The molecule has 0 fully saturated rings. The van der Waals surface area contributed by atoms with Crippen molar-refractivity contribution in [3.63, 3.8) is 0 Å². The number of hydrogen-bond acceptors (Lipinski definition) is 1. The van der Waals surface area contributed by atoms with E-state index in [1.54, 1.807) is 6.92 Å². The van der Waals surface area contributed by atoms with Crippen molar-refractivity contribution in [3.8, 4) is 0 Å². The molecule has 1 aromatic rings. The molecular formula is C13H15BrF4O. The summed E-state index contributed by atoms with van der Waals surface area (Å²) in [6.07, 6.45) is -4.68. The molecule has 0 aliphatic heterocycles. The second-order valence-corrected chi connectivity index (χ2v) is 5.39. The van der Waals surface area contributed by atoms with Gasteiger partial charge in [-0.25, -0.2) is 4.39 Å². The van der Waals surface area contributed by atoms with Gasteiger partial charge in [0, 0.05) is 10.0 Å². The number of aliphatic hydroxyl groups excluding tert-OH is 1. The molecule has 0 bridgehead atoms. The third kappa shape index (κ3) is 3.69. The maximum Gasteiger partial charge on any atom is 0.419 e. The predicted molar refractivity (Wildman–Crippen MR) is 68.1 cm³/mol. The van der Waals surface area contributed by atoms with Gasteiger partial charge in [-0.15, -0.1) is 0 Å². The number of alkyl halides is 3. The highest BCUT2D eigenvalue weighted by Crippen LogP contribution is 2.39. The summed E-state index contributed by atoms with van der Waals surface area (Å²) in [5.41, 5.74) is -1.68. The molecule has 0 saturated carbocycles. The highest BCUT2D eigenvalue weighted by molar-refractivity contribution is 9.10. The molecule has 0 aliphatic rings. The Morgan fingerprint density at radius 2 is 1.89 bits per heavy atom. The monoisotopic (exact) mass is 342 g/mol. The zero-order valence-corrected chi connectivity index (χ0v) is 12.1. The molecule has 2 unspecified atom stereocenters. The van der Waals surface area contributed by atoms with Gasteiger partial charge in [-0.3, -0.25) is 0 Å². The summed E-state index contributed by atoms with van der Waals surface area (Å²) >= 11 is 3.00. The van der Waals surface area contributed by atoms with Gasteiger partial charge in [-0.05, 0) is 24.5 Å². The van der Waals surface area contributed by atoms with E-state index in [0.717, 1.165) is 12.5 Å². The van der Waals surface area contributed by atoms with Gasteiger partial charge < -0.3 is 5.11 Å². The number of hydrogen-bond donors (Lipinski definition) is 1. The normalized spacial score (nSPS) is 15.4. The topological polar surface area (TPSA) is 20.2 Å². The molecule has 1 nitrogen and oxygen atoms in total. The average molecular weight is 343 g/mol. The van der Waals surface area contributed by atoms with Crippen LogP contribution in [0.1, 0.15) is 43.9 Å². The largest absolute Gasteiger partial charge is 0.419 e. The Labute approximate surface area is 117 Å². The summed E-state index contributed by atoms with van der Waals surface area (Å²) in [5.74, 6) is -1.73. The SMILES string of the molecule is CCCC(C)C(O)c1c(Br)ccc(C(F)(F)F)c1F. The van der Waals surface area contributed by atoms with Crippen LogP contribution in [0.3, 0.4) is 0 Å². The van der Waals surface area contributed by atoms with Crippen molar-refractivity contribution in [2.45, 2.75) is 39.0 Å². The minimum atomic E-state index is -4.77. The summed E-state index contributed by atoms with van der Waals surface area (Å²) in [7, 11) is 0. The van der Waals surface area contributed by atoms with Gasteiger partial charge in [0.25, 0.3) is 0 Å². The van der Waals surface area contributed by atoms with Gasteiger partial charge in [-0.2, -0.15) is 13.2 Å². The molecule has 6 heteroatoms. The van der Waals surface area contributed by atoms with E-state index in [1.165, 1.54) is 0 Å². The highest BCUT2D eigenvalue weighted by Gasteiger charge is 2.37. The minimum absolute atomic E-state index is 0.147. The fourth-order valence-electron chi connectivity index (χ4n) is 1.96. The molecule has 108 valence electrons. The van der Waals surface area contributed by atoms with Gasteiger partial charge in [-0.1, -0.05) is 36.2 Å². The Kier molecular flexibility index (Phi) is 5.38. The Morgan fingerprint density at radius 1 is 1.32 bits per heavy atom. The Hall–Kier alpha value is -0.620. The lowest BCUT2D eigenvalue weighted by Crippen LogP contribution is -2.16. The van der Waals surface area contributed by atoms with Crippen molar-refractivity contribution >= 4 is 15.9 Å². The number of rotatable bonds is 4. The zero-order valence-electron chi connectivity index (χ0n) is 10.6. The van der Waals surface area contributed by atoms with Crippen molar-refractivity contribution in [3.05, 3.63) is 33.5 Å². The molecule has 0 aromatic heterocycles. The van der Waals surface area contributed by atoms with Crippen LogP contribution in [-0.2, 0) is 6.18 Å². The lowest BCUT2D eigenvalue weighted by molar-refractivity contribution is -0.140. The molecule has 1 rings (SSSR count). The van der Waals surface area contributed by atoms with Crippen molar-refractivity contribution in [2.75, 3.05) is 0 Å². The molecule has 0 spiro atoms. The van der Waals surface area contributed by atoms with Crippen LogP contribution in [0.4, 0.5) is 17.6 Å². The Bertz CT molecular complexity index is 445. The van der Waals surface area contributed by atoms with E-state index in [2.05, 4.69) is 15.9 Å². The summed E-state index contributed by atoms with van der Waals surface area (Å²) in [5, 5.41) is 10.0. The number of aliphatic hydroxyl groups is 1. The van der Waals surface area contributed by atoms with Gasteiger partial charge in [0.15, 0.2) is 0 Å². The van der Waals surface area contributed by atoms with Crippen molar-refractivity contribution in [1.82, 2.24) is 0 Å². The van der Waals surface area contributed by atoms with E-state index in [4.69, 9.17) is 0 Å². The highest BCUT2D eigenvalue weighted by atomic mass is 79.9. The van der Waals surface area contributed by atoms with E-state index < -0.39 is 23.7 Å². The zero-order chi connectivity index (χ0) is 14.8. The van der Waals surface area contributed by atoms with Crippen molar-refractivity contribution < 1.29 is 22.7 Å². The van der Waals surface area contributed by atoms with Crippen molar-refractivity contribution in [2.24, 2.45) is 5.92 Å². The van der Waals surface area contributed by atoms with E-state index in [-0.39, 0.29) is 16.0 Å². The third-order valence-electron chi connectivity index (χ3n) is 3.01. The first-order valence-corrected chi connectivity index (χ1v) is 6.72. The second kappa shape index (κ2) is 6.22. The third-order valence-corrected chi connectivity index (χ3v) is 3.70. The lowest BCUT2D eigenvalue weighted by atomic mass is 9.92. The number of halogens is 5. The summed E-state index contributed by atoms with van der Waals surface area (Å²) < 4.78 is 52.0. The smallest absolute Gasteiger partial charge is 0.388 e. The number of benzene rings is 1. The fourth-order valence-corrected chi connectivity index (χ4v) is 2.50. The van der Waals surface area contributed by atoms with Gasteiger partial charge >= 0.3 is 6.18 Å². The van der Waals surface area contributed by atoms with Crippen LogP contribution in [0.25, 0.3) is 0 Å². The maximum atomic E-state index is 14.0. The van der Waals surface area contributed by atoms with E-state index >= 15 is 0 Å². The molecule has 0 heterocycles. The standard InChI is InChI=1S/C13H15BrF4O/c1-3-4-7(2)12(19)10-9(14)6-5-8(11(10)15)13(16,17)18/h5-7,12,19H,3-4H2,1-2H3. The first-order valence-electron chi connectivity index (χ1n) is 5.93. The summed E-state index contributed by atoms with van der Waals surface area (Å²) in [6.45, 7) is 3.57. The molecule has 0 radical (unpaired) electrons. The quantitative estimate of drug-likeness (QED) is 0.756. The van der Waals surface area contributed by atoms with Crippen LogP contribution in [0.15, 0.2) is 16.6 Å². The van der Waals surface area contributed by atoms with Crippen LogP contribution in [-0.4, -0.2) is 5.11 Å². The molecule has 1 aromatic carbocycles. The Balaban J connectivity index is 3.27. The van der Waals surface area contributed by atoms with Crippen LogP contribution in [0.5, 0.6) is 0 Å². The lowest BCUT2D eigenvalue weighted by Gasteiger charge is -2.22. The van der Waals surface area contributed by atoms with E-state index in [0.29, 0.717) is 12.5 Å². The molecule has 0 saturated heterocycles. The molecule has 1 N–H and O–H groups in total. The predicted octanol–water partition coefficient (Wildman–Crippen LogP) is 5.08. The minimum Gasteiger partial charge on any atom is -0.388 e. The maximum absolute atomic E-state index is 14.0. The molecular weight excluding hydrogens is 328 g/mol. The van der Waals surface area contributed by atoms with Crippen LogP contribution in [0, 0.1) is 11.7 Å². The first-order chi connectivity index (χ1) is 8.70. The average Bonchev–Trinajstić information content (AvgIpc) is 2.27. The summed E-state index contributed by atoms with van der Waals surface area (Å²) in [4.78, 5) is 0. The Morgan fingerprint density at radius 3 is 2.37 bits per heavy atom. The second-order valence-electron chi connectivity index (χ2n) is 4.53. The molecule has 2 atom stereocenters. The van der Waals surface area contributed by atoms with Gasteiger partial charge in [0.05, 0.1) is 11.7 Å². The first kappa shape index (κ1) is 16.4. The summed E-state index contributed by atoms with van der Waals surface area (Å²) in [6, 6.07) is 1.78. The molecule has 19 heavy (non-hydrogen) atoms. The van der Waals surface area contributed by atoms with Gasteiger partial charge in [0.2, 0.25) is 0 Å². The van der Waals surface area contributed by atoms with Gasteiger partial charge in [0.1, 0.15) is 5.82 Å². The molecule has 0 amide bonds. The van der Waals surface area contributed by atoms with Crippen LogP contribution >= 0.6 is 15.9 Å². The van der Waals surface area contributed by atoms with Crippen LogP contribution in [0.2, 0.25) is 0 Å².